The number of ether oxygens (including phenoxy) is 1. The molecule has 3 aromatic carbocycles. The SMILES string of the molecule is CC(C)Oc1cccc(CNC(=O)c2cc3c(ccc4ccccc43)o2)c1. The van der Waals surface area contributed by atoms with Gasteiger partial charge in [0.05, 0.1) is 6.10 Å². The molecule has 0 saturated carbocycles. The Kier molecular flexibility index (Phi) is 4.55. The molecule has 0 unspecified atom stereocenters. The zero-order chi connectivity index (χ0) is 18.8. The van der Waals surface area contributed by atoms with Crippen LogP contribution in [-0.2, 0) is 6.54 Å². The van der Waals surface area contributed by atoms with Gasteiger partial charge in [-0.15, -0.1) is 0 Å². The highest BCUT2D eigenvalue weighted by Gasteiger charge is 2.14. The van der Waals surface area contributed by atoms with Crippen molar-refractivity contribution in [1.29, 1.82) is 0 Å². The molecule has 27 heavy (non-hydrogen) atoms. The van der Waals surface area contributed by atoms with Crippen molar-refractivity contribution in [2.75, 3.05) is 0 Å². The van der Waals surface area contributed by atoms with E-state index in [-0.39, 0.29) is 12.0 Å². The fourth-order valence-electron chi connectivity index (χ4n) is 3.17. The zero-order valence-electron chi connectivity index (χ0n) is 15.4. The van der Waals surface area contributed by atoms with Gasteiger partial charge in [0.25, 0.3) is 5.91 Å². The van der Waals surface area contributed by atoms with E-state index in [0.29, 0.717) is 17.9 Å². The number of rotatable bonds is 5. The molecule has 0 bridgehead atoms. The van der Waals surface area contributed by atoms with Gasteiger partial charge in [0, 0.05) is 11.9 Å². The summed E-state index contributed by atoms with van der Waals surface area (Å²) in [5.41, 5.74) is 1.69. The number of amides is 1. The summed E-state index contributed by atoms with van der Waals surface area (Å²) in [5.74, 6) is 0.883. The largest absolute Gasteiger partial charge is 0.491 e. The standard InChI is InChI=1S/C23H21NO3/c1-15(2)26-18-8-5-6-16(12-18)14-24-23(25)22-13-20-19-9-4-3-7-17(19)10-11-21(20)27-22/h3-13,15H,14H2,1-2H3,(H,24,25). The van der Waals surface area contributed by atoms with Crippen LogP contribution in [-0.4, -0.2) is 12.0 Å². The zero-order valence-corrected chi connectivity index (χ0v) is 15.4. The van der Waals surface area contributed by atoms with E-state index < -0.39 is 0 Å². The van der Waals surface area contributed by atoms with E-state index in [0.717, 1.165) is 27.5 Å². The van der Waals surface area contributed by atoms with Crippen molar-refractivity contribution in [2.24, 2.45) is 0 Å². The van der Waals surface area contributed by atoms with Crippen LogP contribution < -0.4 is 10.1 Å². The quantitative estimate of drug-likeness (QED) is 0.526. The van der Waals surface area contributed by atoms with Crippen molar-refractivity contribution >= 4 is 27.6 Å². The minimum atomic E-state index is -0.231. The maximum Gasteiger partial charge on any atom is 0.287 e. The van der Waals surface area contributed by atoms with Crippen LogP contribution in [0, 0.1) is 0 Å². The Labute approximate surface area is 157 Å². The highest BCUT2D eigenvalue weighted by molar-refractivity contribution is 6.08. The minimum Gasteiger partial charge on any atom is -0.491 e. The van der Waals surface area contributed by atoms with Crippen molar-refractivity contribution in [3.05, 3.63) is 78.1 Å². The molecular weight excluding hydrogens is 338 g/mol. The van der Waals surface area contributed by atoms with E-state index in [1.54, 1.807) is 0 Å². The molecule has 4 rings (SSSR count). The summed E-state index contributed by atoms with van der Waals surface area (Å²) in [7, 11) is 0. The van der Waals surface area contributed by atoms with E-state index >= 15 is 0 Å². The van der Waals surface area contributed by atoms with Crippen LogP contribution in [0.25, 0.3) is 21.7 Å². The number of furan rings is 1. The van der Waals surface area contributed by atoms with Gasteiger partial charge in [-0.2, -0.15) is 0 Å². The third-order valence-corrected chi connectivity index (χ3v) is 4.37. The van der Waals surface area contributed by atoms with Crippen LogP contribution in [0.3, 0.4) is 0 Å². The molecule has 4 nitrogen and oxygen atoms in total. The summed E-state index contributed by atoms with van der Waals surface area (Å²) < 4.78 is 11.5. The van der Waals surface area contributed by atoms with Gasteiger partial charge in [0.2, 0.25) is 0 Å². The van der Waals surface area contributed by atoms with Crippen LogP contribution in [0.2, 0.25) is 0 Å². The summed E-state index contributed by atoms with van der Waals surface area (Å²) >= 11 is 0. The Hall–Kier alpha value is -3.27. The van der Waals surface area contributed by atoms with Gasteiger partial charge < -0.3 is 14.5 Å². The van der Waals surface area contributed by atoms with Gasteiger partial charge in [0.15, 0.2) is 5.76 Å². The topological polar surface area (TPSA) is 51.5 Å². The van der Waals surface area contributed by atoms with Crippen LogP contribution in [0.4, 0.5) is 0 Å². The Morgan fingerprint density at radius 2 is 1.85 bits per heavy atom. The van der Waals surface area contributed by atoms with E-state index in [9.17, 15) is 4.79 Å². The average Bonchev–Trinajstić information content (AvgIpc) is 3.11. The number of benzene rings is 3. The molecule has 1 N–H and O–H groups in total. The Morgan fingerprint density at radius 1 is 1.00 bits per heavy atom. The minimum absolute atomic E-state index is 0.111. The molecule has 1 amide bonds. The number of nitrogens with one attached hydrogen (secondary N) is 1. The molecule has 0 fully saturated rings. The van der Waals surface area contributed by atoms with Crippen LogP contribution >= 0.6 is 0 Å². The fourth-order valence-corrected chi connectivity index (χ4v) is 3.17. The summed E-state index contributed by atoms with van der Waals surface area (Å²) in [6.07, 6.45) is 0.111. The average molecular weight is 359 g/mol. The molecule has 136 valence electrons. The summed E-state index contributed by atoms with van der Waals surface area (Å²) in [4.78, 5) is 12.6. The first-order chi connectivity index (χ1) is 13.1. The molecule has 0 aliphatic rings. The van der Waals surface area contributed by atoms with Crippen molar-refractivity contribution < 1.29 is 13.9 Å². The number of carbonyl (C=O) groups is 1. The van der Waals surface area contributed by atoms with Gasteiger partial charge in [-0.3, -0.25) is 4.79 Å². The van der Waals surface area contributed by atoms with Crippen molar-refractivity contribution in [2.45, 2.75) is 26.5 Å². The molecule has 0 atom stereocenters. The predicted octanol–water partition coefficient (Wildman–Crippen LogP) is 5.30. The second-order valence-electron chi connectivity index (χ2n) is 6.81. The van der Waals surface area contributed by atoms with Gasteiger partial charge in [0.1, 0.15) is 11.3 Å². The number of hydrogen-bond donors (Lipinski definition) is 1. The third kappa shape index (κ3) is 3.65. The van der Waals surface area contributed by atoms with Crippen molar-refractivity contribution in [3.8, 4) is 5.75 Å². The van der Waals surface area contributed by atoms with Crippen LogP contribution in [0.1, 0.15) is 30.0 Å². The van der Waals surface area contributed by atoms with Crippen molar-refractivity contribution in [1.82, 2.24) is 5.32 Å². The number of fused-ring (bicyclic) bond motifs is 3. The Morgan fingerprint density at radius 3 is 2.70 bits per heavy atom. The molecule has 0 aliphatic heterocycles. The lowest BCUT2D eigenvalue weighted by Gasteiger charge is -2.11. The number of carbonyl (C=O) groups excluding carboxylic acids is 1. The molecular formula is C23H21NO3. The first-order valence-electron chi connectivity index (χ1n) is 9.05. The smallest absolute Gasteiger partial charge is 0.287 e. The maximum absolute atomic E-state index is 12.6. The first-order valence-corrected chi connectivity index (χ1v) is 9.05. The summed E-state index contributed by atoms with van der Waals surface area (Å²) in [6.45, 7) is 4.38. The lowest BCUT2D eigenvalue weighted by Crippen LogP contribution is -2.22. The second kappa shape index (κ2) is 7.16. The lowest BCUT2D eigenvalue weighted by molar-refractivity contribution is 0.0925. The van der Waals surface area contributed by atoms with Gasteiger partial charge >= 0.3 is 0 Å². The Balaban J connectivity index is 1.52. The third-order valence-electron chi connectivity index (χ3n) is 4.37. The Bertz CT molecular complexity index is 1110. The monoisotopic (exact) mass is 359 g/mol. The van der Waals surface area contributed by atoms with Gasteiger partial charge in [-0.1, -0.05) is 42.5 Å². The molecule has 0 saturated heterocycles. The summed E-state index contributed by atoms with van der Waals surface area (Å²) in [5, 5.41) is 6.07. The van der Waals surface area contributed by atoms with E-state index in [1.165, 1.54) is 0 Å². The number of hydrogen-bond acceptors (Lipinski definition) is 3. The van der Waals surface area contributed by atoms with E-state index in [4.69, 9.17) is 9.15 Å². The molecule has 1 heterocycles. The van der Waals surface area contributed by atoms with Crippen LogP contribution in [0.5, 0.6) is 5.75 Å². The van der Waals surface area contributed by atoms with Gasteiger partial charge in [-0.05, 0) is 54.4 Å². The maximum atomic E-state index is 12.6. The molecule has 0 aliphatic carbocycles. The molecule has 0 spiro atoms. The molecule has 4 heteroatoms. The van der Waals surface area contributed by atoms with Crippen molar-refractivity contribution in [3.63, 3.8) is 0 Å². The highest BCUT2D eigenvalue weighted by Crippen LogP contribution is 2.28. The van der Waals surface area contributed by atoms with Crippen LogP contribution in [0.15, 0.2) is 71.1 Å². The molecule has 0 radical (unpaired) electrons. The lowest BCUT2D eigenvalue weighted by atomic mass is 10.1. The summed E-state index contributed by atoms with van der Waals surface area (Å²) in [6, 6.07) is 21.5. The fraction of sp³-hybridized carbons (Fsp3) is 0.174. The first kappa shape index (κ1) is 17.2. The normalized spacial score (nSPS) is 11.2. The van der Waals surface area contributed by atoms with Gasteiger partial charge in [-0.25, -0.2) is 0 Å². The van der Waals surface area contributed by atoms with E-state index in [1.807, 2.05) is 80.6 Å². The molecule has 1 aromatic heterocycles. The predicted molar refractivity (Wildman–Crippen MR) is 107 cm³/mol. The van der Waals surface area contributed by atoms with E-state index in [2.05, 4.69) is 5.32 Å². The highest BCUT2D eigenvalue weighted by atomic mass is 16.5. The molecule has 4 aromatic rings. The second-order valence-corrected chi connectivity index (χ2v) is 6.81.